The number of sulfonamides is 1. The molecule has 3 rings (SSSR count). The Hall–Kier alpha value is -1.90. The Balaban J connectivity index is 1.87. The number of carbonyl (C=O) groups is 2. The number of amides is 1. The van der Waals surface area contributed by atoms with Gasteiger partial charge in [-0.2, -0.15) is 0 Å². The molecule has 7 nitrogen and oxygen atoms in total. The largest absolute Gasteiger partial charge is 0.481 e. The third-order valence-corrected chi connectivity index (χ3v) is 7.30. The van der Waals surface area contributed by atoms with Crippen LogP contribution in [0.15, 0.2) is 35.2 Å². The Labute approximate surface area is 156 Å². The molecule has 0 saturated heterocycles. The monoisotopic (exact) mass is 398 g/mol. The van der Waals surface area contributed by atoms with E-state index in [0.717, 1.165) is 4.31 Å². The van der Waals surface area contributed by atoms with Gasteiger partial charge in [0.15, 0.2) is 0 Å². The van der Waals surface area contributed by atoms with E-state index in [1.54, 1.807) is 0 Å². The topological polar surface area (TPSA) is 104 Å². The number of carboxylic acids is 1. The molecule has 0 aliphatic heterocycles. The van der Waals surface area contributed by atoms with Crippen molar-refractivity contribution in [3.8, 4) is 0 Å². The van der Waals surface area contributed by atoms with E-state index in [1.807, 2.05) is 12.2 Å². The first-order chi connectivity index (χ1) is 12.1. The second kappa shape index (κ2) is 6.68. The summed E-state index contributed by atoms with van der Waals surface area (Å²) < 4.78 is 25.7. The zero-order chi connectivity index (χ0) is 19.2. The first-order valence-corrected chi connectivity index (χ1v) is 9.89. The average molecular weight is 399 g/mol. The van der Waals surface area contributed by atoms with Crippen molar-refractivity contribution in [3.63, 3.8) is 0 Å². The van der Waals surface area contributed by atoms with Crippen molar-refractivity contribution in [2.75, 3.05) is 19.4 Å². The van der Waals surface area contributed by atoms with E-state index < -0.39 is 33.7 Å². The van der Waals surface area contributed by atoms with Gasteiger partial charge in [0.25, 0.3) is 0 Å². The Bertz CT molecular complexity index is 896. The number of carboxylic acid groups (broad SMARTS) is 1. The summed E-state index contributed by atoms with van der Waals surface area (Å²) >= 11 is 6.00. The molecule has 2 N–H and O–H groups in total. The van der Waals surface area contributed by atoms with Crippen molar-refractivity contribution in [3.05, 3.63) is 35.4 Å². The van der Waals surface area contributed by atoms with Crippen molar-refractivity contribution >= 4 is 39.2 Å². The first kappa shape index (κ1) is 18.9. The third-order valence-electron chi connectivity index (χ3n) is 5.00. The van der Waals surface area contributed by atoms with Crippen LogP contribution in [0.25, 0.3) is 0 Å². The molecular weight excluding hydrogens is 380 g/mol. The summed E-state index contributed by atoms with van der Waals surface area (Å²) in [6.45, 7) is 0. The molecule has 1 amide bonds. The van der Waals surface area contributed by atoms with E-state index in [-0.39, 0.29) is 27.4 Å². The molecule has 1 fully saturated rings. The van der Waals surface area contributed by atoms with E-state index in [2.05, 4.69) is 5.32 Å². The lowest BCUT2D eigenvalue weighted by Gasteiger charge is -2.24. The van der Waals surface area contributed by atoms with E-state index in [0.29, 0.717) is 6.42 Å². The van der Waals surface area contributed by atoms with Gasteiger partial charge in [-0.05, 0) is 36.5 Å². The maximum atomic E-state index is 12.7. The predicted octanol–water partition coefficient (Wildman–Crippen LogP) is 2.05. The lowest BCUT2D eigenvalue weighted by molar-refractivity contribution is -0.146. The molecule has 2 aliphatic rings. The molecular formula is C17H19ClN2O5S. The van der Waals surface area contributed by atoms with Crippen LogP contribution >= 0.6 is 11.6 Å². The van der Waals surface area contributed by atoms with Crippen LogP contribution in [0.3, 0.4) is 0 Å². The molecule has 0 aromatic heterocycles. The Morgan fingerprint density at radius 3 is 2.38 bits per heavy atom. The summed E-state index contributed by atoms with van der Waals surface area (Å²) in [7, 11) is -1.00. The molecule has 0 radical (unpaired) electrons. The Morgan fingerprint density at radius 1 is 1.19 bits per heavy atom. The molecule has 2 bridgehead atoms. The van der Waals surface area contributed by atoms with Crippen LogP contribution in [0.1, 0.15) is 6.42 Å². The zero-order valence-corrected chi connectivity index (χ0v) is 15.8. The SMILES string of the molecule is CN(C)S(=O)(=O)c1cc(NC(=O)C2C3C=CC(C3)C2C(=O)O)ccc1Cl. The highest BCUT2D eigenvalue weighted by atomic mass is 35.5. The number of nitrogens with one attached hydrogen (secondary N) is 1. The van der Waals surface area contributed by atoms with Gasteiger partial charge in [0, 0.05) is 19.8 Å². The lowest BCUT2D eigenvalue weighted by Crippen LogP contribution is -2.36. The van der Waals surface area contributed by atoms with Crippen LogP contribution in [0.4, 0.5) is 5.69 Å². The first-order valence-electron chi connectivity index (χ1n) is 8.07. The molecule has 140 valence electrons. The molecule has 1 aromatic carbocycles. The summed E-state index contributed by atoms with van der Waals surface area (Å²) in [5, 5.41) is 12.2. The smallest absolute Gasteiger partial charge is 0.307 e. The van der Waals surface area contributed by atoms with Crippen LogP contribution in [-0.4, -0.2) is 43.8 Å². The van der Waals surface area contributed by atoms with Crippen LogP contribution in [0.5, 0.6) is 0 Å². The minimum Gasteiger partial charge on any atom is -0.481 e. The minimum absolute atomic E-state index is 0.0444. The molecule has 1 aromatic rings. The summed E-state index contributed by atoms with van der Waals surface area (Å²) in [6.07, 6.45) is 4.39. The van der Waals surface area contributed by atoms with Gasteiger partial charge in [-0.1, -0.05) is 23.8 Å². The minimum atomic E-state index is -3.77. The highest BCUT2D eigenvalue weighted by Crippen LogP contribution is 2.48. The molecule has 4 unspecified atom stereocenters. The quantitative estimate of drug-likeness (QED) is 0.739. The van der Waals surface area contributed by atoms with Crippen molar-refractivity contribution in [2.24, 2.45) is 23.7 Å². The number of anilines is 1. The van der Waals surface area contributed by atoms with E-state index >= 15 is 0 Å². The summed E-state index contributed by atoms with van der Waals surface area (Å²) in [5.41, 5.74) is 0.260. The maximum absolute atomic E-state index is 12.7. The van der Waals surface area contributed by atoms with Crippen molar-refractivity contribution in [1.82, 2.24) is 4.31 Å². The fourth-order valence-electron chi connectivity index (χ4n) is 3.72. The van der Waals surface area contributed by atoms with Crippen molar-refractivity contribution < 1.29 is 23.1 Å². The number of hydrogen-bond donors (Lipinski definition) is 2. The van der Waals surface area contributed by atoms with Gasteiger partial charge in [-0.15, -0.1) is 0 Å². The van der Waals surface area contributed by atoms with Crippen LogP contribution < -0.4 is 5.32 Å². The summed E-state index contributed by atoms with van der Waals surface area (Å²) in [4.78, 5) is 24.1. The highest BCUT2D eigenvalue weighted by molar-refractivity contribution is 7.89. The summed E-state index contributed by atoms with van der Waals surface area (Å²) in [6, 6.07) is 4.17. The predicted molar refractivity (Wildman–Crippen MR) is 96.3 cm³/mol. The fraction of sp³-hybridized carbons (Fsp3) is 0.412. The second-order valence-electron chi connectivity index (χ2n) is 6.76. The van der Waals surface area contributed by atoms with E-state index in [9.17, 15) is 23.1 Å². The fourth-order valence-corrected chi connectivity index (χ4v) is 5.11. The van der Waals surface area contributed by atoms with Gasteiger partial charge in [0.05, 0.1) is 16.9 Å². The number of benzene rings is 1. The number of nitrogens with zero attached hydrogens (tertiary/aromatic N) is 1. The number of fused-ring (bicyclic) bond motifs is 2. The molecule has 0 spiro atoms. The second-order valence-corrected chi connectivity index (χ2v) is 9.29. The van der Waals surface area contributed by atoms with Crippen LogP contribution in [0.2, 0.25) is 5.02 Å². The van der Waals surface area contributed by atoms with Gasteiger partial charge in [-0.25, -0.2) is 12.7 Å². The number of hydrogen-bond acceptors (Lipinski definition) is 4. The van der Waals surface area contributed by atoms with E-state index in [4.69, 9.17) is 11.6 Å². The van der Waals surface area contributed by atoms with Crippen molar-refractivity contribution in [1.29, 1.82) is 0 Å². The Morgan fingerprint density at radius 2 is 1.81 bits per heavy atom. The van der Waals surface area contributed by atoms with E-state index in [1.165, 1.54) is 32.3 Å². The molecule has 26 heavy (non-hydrogen) atoms. The third kappa shape index (κ3) is 3.13. The zero-order valence-electron chi connectivity index (χ0n) is 14.2. The molecule has 1 saturated carbocycles. The summed E-state index contributed by atoms with van der Waals surface area (Å²) in [5.74, 6) is -3.10. The van der Waals surface area contributed by atoms with Crippen molar-refractivity contribution in [2.45, 2.75) is 11.3 Å². The van der Waals surface area contributed by atoms with Gasteiger partial charge >= 0.3 is 5.97 Å². The van der Waals surface area contributed by atoms with Crippen LogP contribution in [-0.2, 0) is 19.6 Å². The van der Waals surface area contributed by atoms with Crippen LogP contribution in [0, 0.1) is 23.7 Å². The standard InChI is InChI=1S/C17H19ClN2O5S/c1-20(2)26(24,25)13-8-11(5-6-12(13)18)19-16(21)14-9-3-4-10(7-9)15(14)17(22)23/h3-6,8-10,14-15H,7H2,1-2H3,(H,19,21)(H,22,23). The number of allylic oxidation sites excluding steroid dienone is 2. The van der Waals surface area contributed by atoms with Gasteiger partial charge in [0.2, 0.25) is 15.9 Å². The molecule has 0 heterocycles. The van der Waals surface area contributed by atoms with Gasteiger partial charge in [0.1, 0.15) is 4.90 Å². The molecule has 9 heteroatoms. The highest BCUT2D eigenvalue weighted by Gasteiger charge is 2.51. The average Bonchev–Trinajstić information content (AvgIpc) is 3.17. The number of rotatable bonds is 5. The molecule has 2 aliphatic carbocycles. The lowest BCUT2D eigenvalue weighted by atomic mass is 9.82. The normalized spacial score (nSPS) is 27.1. The Kier molecular flexibility index (Phi) is 4.85. The van der Waals surface area contributed by atoms with Gasteiger partial charge < -0.3 is 10.4 Å². The number of carbonyl (C=O) groups excluding carboxylic acids is 1. The van der Waals surface area contributed by atoms with Gasteiger partial charge in [-0.3, -0.25) is 9.59 Å². The number of aliphatic carboxylic acids is 1. The molecule has 4 atom stereocenters. The number of halogens is 1. The maximum Gasteiger partial charge on any atom is 0.307 e.